The van der Waals surface area contributed by atoms with Crippen LogP contribution in [0.2, 0.25) is 0 Å². The highest BCUT2D eigenvalue weighted by atomic mass is 16.4. The van der Waals surface area contributed by atoms with E-state index in [1.807, 2.05) is 6.92 Å². The lowest BCUT2D eigenvalue weighted by atomic mass is 9.93. The Morgan fingerprint density at radius 2 is 1.94 bits per heavy atom. The Balaban J connectivity index is 2.61. The molecule has 1 fully saturated rings. The molecule has 0 heterocycles. The second-order valence-electron chi connectivity index (χ2n) is 5.84. The first-order valence-electron chi connectivity index (χ1n) is 6.18. The van der Waals surface area contributed by atoms with Crippen LogP contribution in [0.4, 0.5) is 0 Å². The molecule has 0 aromatic heterocycles. The fourth-order valence-electron chi connectivity index (χ4n) is 2.33. The van der Waals surface area contributed by atoms with Crippen molar-refractivity contribution in [2.45, 2.75) is 33.6 Å². The number of nitrogens with zero attached hydrogens (tertiary/aromatic N) is 1. The topological polar surface area (TPSA) is 90.2 Å². The summed E-state index contributed by atoms with van der Waals surface area (Å²) in [7, 11) is 0. The molecule has 0 saturated heterocycles. The molecule has 1 rings (SSSR count). The van der Waals surface area contributed by atoms with Gasteiger partial charge in [-0.05, 0) is 32.6 Å². The minimum atomic E-state index is -0.904. The average molecular weight is 252 g/mol. The molecule has 5 nitrogen and oxygen atoms in total. The molecule has 1 amide bonds. The molecular formula is C13H20N2O3. The number of nitriles is 1. The molecule has 2 N–H and O–H groups in total. The van der Waals surface area contributed by atoms with Crippen LogP contribution >= 0.6 is 0 Å². The van der Waals surface area contributed by atoms with Crippen LogP contribution in [0.5, 0.6) is 0 Å². The van der Waals surface area contributed by atoms with Crippen molar-refractivity contribution < 1.29 is 14.7 Å². The molecule has 1 aliphatic rings. The molecule has 100 valence electrons. The lowest BCUT2D eigenvalue weighted by Crippen LogP contribution is -2.39. The van der Waals surface area contributed by atoms with Gasteiger partial charge in [0.1, 0.15) is 0 Å². The van der Waals surface area contributed by atoms with Crippen LogP contribution in [-0.2, 0) is 9.59 Å². The molecule has 0 aromatic rings. The lowest BCUT2D eigenvalue weighted by Gasteiger charge is -2.20. The smallest absolute Gasteiger partial charge is 0.307 e. The molecule has 1 saturated carbocycles. The number of aliphatic carboxylic acids is 1. The van der Waals surface area contributed by atoms with E-state index in [1.54, 1.807) is 13.8 Å². The molecule has 0 aliphatic heterocycles. The van der Waals surface area contributed by atoms with Gasteiger partial charge in [-0.2, -0.15) is 5.26 Å². The van der Waals surface area contributed by atoms with Crippen LogP contribution in [0.15, 0.2) is 0 Å². The number of carbonyl (C=O) groups excluding carboxylic acids is 1. The Morgan fingerprint density at radius 1 is 1.39 bits per heavy atom. The standard InChI is InChI=1S/C13H20N2O3/c1-8-4-9(10(5-8)12(17)18)11(16)15-7-13(2,3)6-14/h8-10H,4-5,7H2,1-3H3,(H,15,16)(H,17,18). The van der Waals surface area contributed by atoms with Gasteiger partial charge in [0, 0.05) is 6.54 Å². The fourth-order valence-corrected chi connectivity index (χ4v) is 2.33. The van der Waals surface area contributed by atoms with E-state index in [0.717, 1.165) is 0 Å². The van der Waals surface area contributed by atoms with Crippen molar-refractivity contribution in [3.05, 3.63) is 0 Å². The summed E-state index contributed by atoms with van der Waals surface area (Å²) in [6, 6.07) is 2.10. The zero-order chi connectivity index (χ0) is 13.9. The van der Waals surface area contributed by atoms with Crippen molar-refractivity contribution in [3.63, 3.8) is 0 Å². The lowest BCUT2D eigenvalue weighted by molar-refractivity contribution is -0.146. The third-order valence-corrected chi connectivity index (χ3v) is 3.46. The first-order chi connectivity index (χ1) is 8.26. The third kappa shape index (κ3) is 3.46. The van der Waals surface area contributed by atoms with Crippen LogP contribution in [-0.4, -0.2) is 23.5 Å². The number of amides is 1. The molecule has 0 spiro atoms. The number of carboxylic acid groups (broad SMARTS) is 1. The summed E-state index contributed by atoms with van der Waals surface area (Å²) in [4.78, 5) is 23.1. The zero-order valence-corrected chi connectivity index (χ0v) is 11.1. The molecule has 0 bridgehead atoms. The van der Waals surface area contributed by atoms with E-state index in [4.69, 9.17) is 10.4 Å². The van der Waals surface area contributed by atoms with E-state index in [-0.39, 0.29) is 18.4 Å². The number of nitrogens with one attached hydrogen (secondary N) is 1. The second-order valence-corrected chi connectivity index (χ2v) is 5.84. The van der Waals surface area contributed by atoms with Gasteiger partial charge < -0.3 is 10.4 Å². The van der Waals surface area contributed by atoms with E-state index < -0.39 is 23.2 Å². The maximum absolute atomic E-state index is 12.0. The minimum Gasteiger partial charge on any atom is -0.481 e. The van der Waals surface area contributed by atoms with Gasteiger partial charge in [-0.25, -0.2) is 0 Å². The Labute approximate surface area is 107 Å². The van der Waals surface area contributed by atoms with Gasteiger partial charge in [-0.1, -0.05) is 6.92 Å². The first kappa shape index (κ1) is 14.5. The molecule has 1 aliphatic carbocycles. The Bertz CT molecular complexity index is 384. The monoisotopic (exact) mass is 252 g/mol. The van der Waals surface area contributed by atoms with Gasteiger partial charge in [0.15, 0.2) is 0 Å². The van der Waals surface area contributed by atoms with Crippen molar-refractivity contribution in [1.29, 1.82) is 5.26 Å². The van der Waals surface area contributed by atoms with E-state index in [1.165, 1.54) is 0 Å². The molecule has 0 radical (unpaired) electrons. The Morgan fingerprint density at radius 3 is 2.44 bits per heavy atom. The fraction of sp³-hybridized carbons (Fsp3) is 0.769. The van der Waals surface area contributed by atoms with Crippen LogP contribution < -0.4 is 5.32 Å². The number of carbonyl (C=O) groups is 2. The molecule has 18 heavy (non-hydrogen) atoms. The molecule has 3 atom stereocenters. The summed E-state index contributed by atoms with van der Waals surface area (Å²) in [5, 5.41) is 20.6. The Hall–Kier alpha value is -1.57. The van der Waals surface area contributed by atoms with Crippen molar-refractivity contribution in [3.8, 4) is 6.07 Å². The van der Waals surface area contributed by atoms with E-state index in [2.05, 4.69) is 11.4 Å². The number of rotatable bonds is 4. The van der Waals surface area contributed by atoms with Crippen molar-refractivity contribution in [2.75, 3.05) is 6.54 Å². The molecular weight excluding hydrogens is 232 g/mol. The average Bonchev–Trinajstić information content (AvgIpc) is 2.68. The second kappa shape index (κ2) is 5.38. The van der Waals surface area contributed by atoms with E-state index in [0.29, 0.717) is 12.8 Å². The van der Waals surface area contributed by atoms with E-state index in [9.17, 15) is 9.59 Å². The molecule has 0 aromatic carbocycles. The van der Waals surface area contributed by atoms with Crippen LogP contribution in [0, 0.1) is 34.5 Å². The van der Waals surface area contributed by atoms with Gasteiger partial charge in [0.2, 0.25) is 5.91 Å². The maximum Gasteiger partial charge on any atom is 0.307 e. The molecule has 3 unspecified atom stereocenters. The number of carboxylic acids is 1. The third-order valence-electron chi connectivity index (χ3n) is 3.46. The van der Waals surface area contributed by atoms with E-state index >= 15 is 0 Å². The first-order valence-corrected chi connectivity index (χ1v) is 6.18. The highest BCUT2D eigenvalue weighted by Crippen LogP contribution is 2.36. The van der Waals surface area contributed by atoms with Crippen LogP contribution in [0.25, 0.3) is 0 Å². The highest BCUT2D eigenvalue weighted by Gasteiger charge is 2.41. The van der Waals surface area contributed by atoms with Crippen molar-refractivity contribution >= 4 is 11.9 Å². The minimum absolute atomic E-state index is 0.241. The summed E-state index contributed by atoms with van der Waals surface area (Å²) in [5.41, 5.74) is -0.626. The van der Waals surface area contributed by atoms with Gasteiger partial charge in [0.25, 0.3) is 0 Å². The van der Waals surface area contributed by atoms with Gasteiger partial charge in [-0.3, -0.25) is 9.59 Å². The van der Waals surface area contributed by atoms with Gasteiger partial charge in [0.05, 0.1) is 23.3 Å². The summed E-state index contributed by atoms with van der Waals surface area (Å²) < 4.78 is 0. The van der Waals surface area contributed by atoms with Crippen LogP contribution in [0.3, 0.4) is 0 Å². The normalized spacial score (nSPS) is 27.6. The summed E-state index contributed by atoms with van der Waals surface area (Å²) in [5.74, 6) is -1.95. The van der Waals surface area contributed by atoms with Gasteiger partial charge >= 0.3 is 5.97 Å². The van der Waals surface area contributed by atoms with Gasteiger partial charge in [-0.15, -0.1) is 0 Å². The van der Waals surface area contributed by atoms with Crippen molar-refractivity contribution in [2.24, 2.45) is 23.2 Å². The SMILES string of the molecule is CC1CC(C(=O)O)C(C(=O)NCC(C)(C)C#N)C1. The summed E-state index contributed by atoms with van der Waals surface area (Å²) in [6.07, 6.45) is 1.16. The number of hydrogen-bond donors (Lipinski definition) is 2. The quantitative estimate of drug-likeness (QED) is 0.791. The zero-order valence-electron chi connectivity index (χ0n) is 11.1. The highest BCUT2D eigenvalue weighted by molar-refractivity contribution is 5.85. The number of hydrogen-bond acceptors (Lipinski definition) is 3. The summed E-state index contributed by atoms with van der Waals surface area (Å²) >= 11 is 0. The van der Waals surface area contributed by atoms with Crippen molar-refractivity contribution in [1.82, 2.24) is 5.32 Å². The van der Waals surface area contributed by atoms with Crippen LogP contribution in [0.1, 0.15) is 33.6 Å². The predicted molar refractivity (Wildman–Crippen MR) is 65.4 cm³/mol. The maximum atomic E-state index is 12.0. The Kier molecular flexibility index (Phi) is 4.33. The predicted octanol–water partition coefficient (Wildman–Crippen LogP) is 1.40. The molecule has 5 heteroatoms. The summed E-state index contributed by atoms with van der Waals surface area (Å²) in [6.45, 7) is 5.68. The largest absolute Gasteiger partial charge is 0.481 e.